The minimum Gasteiger partial charge on any atom is -0.491 e. The van der Waals surface area contributed by atoms with E-state index in [-0.39, 0.29) is 29.7 Å². The van der Waals surface area contributed by atoms with E-state index in [1.807, 2.05) is 5.38 Å². The molecule has 188 valence electrons. The molecule has 2 aromatic rings. The van der Waals surface area contributed by atoms with Crippen LogP contribution in [0.3, 0.4) is 0 Å². The molecule has 0 bridgehead atoms. The summed E-state index contributed by atoms with van der Waals surface area (Å²) >= 11 is 1.62. The van der Waals surface area contributed by atoms with Crippen LogP contribution in [0, 0.1) is 5.92 Å². The van der Waals surface area contributed by atoms with E-state index in [0.29, 0.717) is 36.7 Å². The van der Waals surface area contributed by atoms with Crippen molar-refractivity contribution < 1.29 is 22.7 Å². The molecule has 1 amide bonds. The summed E-state index contributed by atoms with van der Waals surface area (Å²) in [5, 5.41) is 3.00. The highest BCUT2D eigenvalue weighted by Crippen LogP contribution is 2.27. The lowest BCUT2D eigenvalue weighted by molar-refractivity contribution is 0.00921. The van der Waals surface area contributed by atoms with Crippen molar-refractivity contribution in [2.75, 3.05) is 44.3 Å². The first-order valence-electron chi connectivity index (χ1n) is 11.3. The van der Waals surface area contributed by atoms with Crippen LogP contribution in [0.1, 0.15) is 36.1 Å². The molecule has 0 spiro atoms. The molecule has 3 atom stereocenters. The Morgan fingerprint density at radius 1 is 1.29 bits per heavy atom. The number of anilines is 1. The van der Waals surface area contributed by atoms with Crippen molar-refractivity contribution in [2.24, 2.45) is 5.92 Å². The van der Waals surface area contributed by atoms with Gasteiger partial charge in [0.1, 0.15) is 17.4 Å². The Morgan fingerprint density at radius 2 is 2.06 bits per heavy atom. The first-order chi connectivity index (χ1) is 16.1. The van der Waals surface area contributed by atoms with Gasteiger partial charge in [-0.3, -0.25) is 14.4 Å². The number of methoxy groups -OCH3 is 1. The Labute approximate surface area is 206 Å². The molecule has 1 N–H and O–H groups in total. The average Bonchev–Trinajstić information content (AvgIpc) is 3.32. The number of sulfonamides is 1. The molecule has 11 heteroatoms. The van der Waals surface area contributed by atoms with E-state index in [1.54, 1.807) is 55.6 Å². The highest BCUT2D eigenvalue weighted by Gasteiger charge is 2.29. The number of carbonyl (C=O) groups is 1. The molecule has 1 aliphatic rings. The van der Waals surface area contributed by atoms with Gasteiger partial charge in [-0.2, -0.15) is 0 Å². The van der Waals surface area contributed by atoms with Gasteiger partial charge in [0.25, 0.3) is 5.91 Å². The van der Waals surface area contributed by atoms with Gasteiger partial charge in [0.15, 0.2) is 0 Å². The van der Waals surface area contributed by atoms with Crippen molar-refractivity contribution in [2.45, 2.75) is 39.5 Å². The number of rotatable bonds is 6. The average molecular weight is 511 g/mol. The van der Waals surface area contributed by atoms with Crippen LogP contribution in [0.15, 0.2) is 29.8 Å². The summed E-state index contributed by atoms with van der Waals surface area (Å²) < 4.78 is 38.5. The lowest BCUT2D eigenvalue weighted by Gasteiger charge is -2.35. The van der Waals surface area contributed by atoms with Crippen molar-refractivity contribution >= 4 is 33.0 Å². The van der Waals surface area contributed by atoms with E-state index in [0.717, 1.165) is 11.6 Å². The summed E-state index contributed by atoms with van der Waals surface area (Å²) in [4.78, 5) is 21.7. The van der Waals surface area contributed by atoms with E-state index in [9.17, 15) is 13.2 Å². The fraction of sp³-hybridized carbons (Fsp3) is 0.565. The molecule has 3 rings (SSSR count). The van der Waals surface area contributed by atoms with Gasteiger partial charge in [-0.1, -0.05) is 6.92 Å². The van der Waals surface area contributed by atoms with Gasteiger partial charge < -0.3 is 14.4 Å². The lowest BCUT2D eigenvalue weighted by atomic mass is 10.0. The Hall–Kier alpha value is -2.21. The van der Waals surface area contributed by atoms with E-state index in [1.165, 1.54) is 6.07 Å². The second-order valence-corrected chi connectivity index (χ2v) is 11.7. The molecule has 0 aliphatic carbocycles. The van der Waals surface area contributed by atoms with Gasteiger partial charge in [-0.15, -0.1) is 11.3 Å². The van der Waals surface area contributed by atoms with E-state index < -0.39 is 10.0 Å². The fourth-order valence-electron chi connectivity index (χ4n) is 3.89. The number of fused-ring (bicyclic) bond motifs is 1. The number of ether oxygens (including phenoxy) is 2. The molecule has 0 fully saturated rings. The molecular weight excluding hydrogens is 476 g/mol. The summed E-state index contributed by atoms with van der Waals surface area (Å²) in [6.07, 6.45) is 1.63. The molecule has 34 heavy (non-hydrogen) atoms. The third kappa shape index (κ3) is 6.68. The molecule has 0 saturated carbocycles. The number of thiazole rings is 1. The number of carbonyl (C=O) groups excluding carboxylic acids is 1. The third-order valence-electron chi connectivity index (χ3n) is 6.05. The van der Waals surface area contributed by atoms with Crippen LogP contribution >= 0.6 is 11.3 Å². The smallest absolute Gasteiger partial charge is 0.257 e. The number of aromatic nitrogens is 1. The van der Waals surface area contributed by atoms with Gasteiger partial charge in [-0.25, -0.2) is 13.4 Å². The topological polar surface area (TPSA) is 101 Å². The van der Waals surface area contributed by atoms with Crippen LogP contribution in [0.4, 0.5) is 5.69 Å². The van der Waals surface area contributed by atoms with Gasteiger partial charge in [0.2, 0.25) is 10.0 Å². The predicted octanol–water partition coefficient (Wildman–Crippen LogP) is 2.91. The zero-order chi connectivity index (χ0) is 24.9. The van der Waals surface area contributed by atoms with Crippen LogP contribution in [0.25, 0.3) is 0 Å². The Morgan fingerprint density at radius 3 is 2.71 bits per heavy atom. The molecule has 1 aliphatic heterocycles. The standard InChI is InChI=1S/C23H34N4O5S2/c1-6-34(29,30)25-18-7-8-20-19(11-18)23(28)26(4)13-21(31-5)16(2)12-27(17(3)15-32-20)14-22-24-9-10-33-22/h7-11,16-17,21,25H,6,12-15H2,1-5H3/t16-,17-,21-/m0/s1. The molecule has 0 radical (unpaired) electrons. The summed E-state index contributed by atoms with van der Waals surface area (Å²) in [5.74, 6) is 0.243. The van der Waals surface area contributed by atoms with Gasteiger partial charge >= 0.3 is 0 Å². The van der Waals surface area contributed by atoms with Gasteiger partial charge in [0.05, 0.1) is 24.0 Å². The first-order valence-corrected chi connectivity index (χ1v) is 13.8. The van der Waals surface area contributed by atoms with E-state index in [2.05, 4.69) is 28.5 Å². The van der Waals surface area contributed by atoms with Crippen molar-refractivity contribution in [3.8, 4) is 5.75 Å². The lowest BCUT2D eigenvalue weighted by Crippen LogP contribution is -2.46. The highest BCUT2D eigenvalue weighted by atomic mass is 32.2. The number of hydrogen-bond acceptors (Lipinski definition) is 8. The third-order valence-corrected chi connectivity index (χ3v) is 8.12. The van der Waals surface area contributed by atoms with Crippen molar-refractivity contribution in [1.29, 1.82) is 0 Å². The number of nitrogens with zero attached hydrogens (tertiary/aromatic N) is 3. The van der Waals surface area contributed by atoms with Crippen LogP contribution < -0.4 is 9.46 Å². The molecule has 1 aromatic carbocycles. The summed E-state index contributed by atoms with van der Waals surface area (Å²) in [7, 11) is -0.0994. The number of benzene rings is 1. The summed E-state index contributed by atoms with van der Waals surface area (Å²) in [6.45, 7) is 7.97. The number of hydrogen-bond donors (Lipinski definition) is 1. The van der Waals surface area contributed by atoms with E-state index >= 15 is 0 Å². The molecule has 9 nitrogen and oxygen atoms in total. The van der Waals surface area contributed by atoms with Crippen LogP contribution in [-0.2, 0) is 21.3 Å². The number of nitrogens with one attached hydrogen (secondary N) is 1. The van der Waals surface area contributed by atoms with Crippen molar-refractivity contribution in [1.82, 2.24) is 14.8 Å². The number of likely N-dealkylation sites (N-methyl/N-ethyl adjacent to an activating group) is 1. The Bertz CT molecular complexity index is 1060. The van der Waals surface area contributed by atoms with E-state index in [4.69, 9.17) is 9.47 Å². The van der Waals surface area contributed by atoms with Gasteiger partial charge in [0, 0.05) is 50.6 Å². The van der Waals surface area contributed by atoms with Crippen LogP contribution in [0.5, 0.6) is 5.75 Å². The maximum atomic E-state index is 13.4. The van der Waals surface area contributed by atoms with Gasteiger partial charge in [-0.05, 0) is 38.0 Å². The molecule has 1 aromatic heterocycles. The zero-order valence-corrected chi connectivity index (χ0v) is 22.0. The minimum absolute atomic E-state index is 0.0437. The normalized spacial score (nSPS) is 22.9. The summed E-state index contributed by atoms with van der Waals surface area (Å²) in [5.41, 5.74) is 0.633. The summed E-state index contributed by atoms with van der Waals surface area (Å²) in [6, 6.07) is 4.84. The molecular formula is C23H34N4O5S2. The molecule has 0 saturated heterocycles. The second-order valence-electron chi connectivity index (χ2n) is 8.67. The zero-order valence-electron chi connectivity index (χ0n) is 20.4. The Kier molecular flexibility index (Phi) is 8.91. The number of amides is 1. The quantitative estimate of drug-likeness (QED) is 0.638. The van der Waals surface area contributed by atoms with Crippen molar-refractivity contribution in [3.05, 3.63) is 40.3 Å². The first kappa shape index (κ1) is 26.4. The second kappa shape index (κ2) is 11.5. The Balaban J connectivity index is 1.95. The SMILES string of the molecule is CCS(=O)(=O)Nc1ccc2c(c1)C(=O)N(C)C[C@H](OC)[C@@H](C)CN(Cc1nccs1)[C@@H](C)CO2. The maximum absolute atomic E-state index is 13.4. The maximum Gasteiger partial charge on any atom is 0.257 e. The molecule has 2 heterocycles. The monoisotopic (exact) mass is 510 g/mol. The van der Waals surface area contributed by atoms with Crippen molar-refractivity contribution in [3.63, 3.8) is 0 Å². The van der Waals surface area contributed by atoms with Crippen LogP contribution in [0.2, 0.25) is 0 Å². The molecule has 0 unspecified atom stereocenters. The minimum atomic E-state index is -3.48. The van der Waals surface area contributed by atoms with Crippen LogP contribution in [-0.4, -0.2) is 80.9 Å². The largest absolute Gasteiger partial charge is 0.491 e. The predicted molar refractivity (Wildman–Crippen MR) is 134 cm³/mol. The highest BCUT2D eigenvalue weighted by molar-refractivity contribution is 7.92. The fourth-order valence-corrected chi connectivity index (χ4v) is 5.16.